The van der Waals surface area contributed by atoms with Crippen LogP contribution in [-0.2, 0) is 6.42 Å². The average Bonchev–Trinajstić information content (AvgIpc) is 2.87. The summed E-state index contributed by atoms with van der Waals surface area (Å²) in [5, 5.41) is 2.02. The van der Waals surface area contributed by atoms with E-state index >= 15 is 0 Å². The molecule has 1 heterocycles. The second kappa shape index (κ2) is 7.08. The zero-order chi connectivity index (χ0) is 16.4. The third kappa shape index (κ3) is 3.47. The fraction of sp³-hybridized carbons (Fsp3) is 0.263. The Morgan fingerprint density at radius 1 is 1.13 bits per heavy atom. The summed E-state index contributed by atoms with van der Waals surface area (Å²) < 4.78 is 1.08. The highest BCUT2D eigenvalue weighted by atomic mass is 79.9. The van der Waals surface area contributed by atoms with Gasteiger partial charge in [0.15, 0.2) is 0 Å². The van der Waals surface area contributed by atoms with Gasteiger partial charge in [-0.1, -0.05) is 39.7 Å². The van der Waals surface area contributed by atoms with E-state index in [4.69, 9.17) is 17.3 Å². The van der Waals surface area contributed by atoms with Crippen molar-refractivity contribution in [3.8, 4) is 11.3 Å². The summed E-state index contributed by atoms with van der Waals surface area (Å²) in [5.74, 6) is 0. The third-order valence-corrected chi connectivity index (χ3v) is 4.94. The zero-order valence-electron chi connectivity index (χ0n) is 13.1. The summed E-state index contributed by atoms with van der Waals surface area (Å²) in [6.45, 7) is 2.83. The topological polar surface area (TPSA) is 41.8 Å². The Balaban J connectivity index is 2.16. The highest BCUT2D eigenvalue weighted by Gasteiger charge is 2.15. The van der Waals surface area contributed by atoms with Crippen LogP contribution in [-0.4, -0.2) is 11.5 Å². The summed E-state index contributed by atoms with van der Waals surface area (Å²) in [5.41, 5.74) is 11.7. The van der Waals surface area contributed by atoms with Crippen molar-refractivity contribution in [2.45, 2.75) is 26.2 Å². The Labute approximate surface area is 150 Å². The predicted molar refractivity (Wildman–Crippen MR) is 103 cm³/mol. The van der Waals surface area contributed by atoms with Gasteiger partial charge in [0.1, 0.15) is 0 Å². The second-order valence-corrected chi connectivity index (χ2v) is 7.23. The number of nitrogens with one attached hydrogen (secondary N) is 1. The standard InChI is InChI=1S/C19H20BrClN2/c1-12-10-15(21)11-17-16(4-2-3-9-22)19(23-18(12)17)13-5-7-14(20)8-6-13/h5-8,10-11,23H,2-4,9,22H2,1H3. The maximum atomic E-state index is 6.29. The van der Waals surface area contributed by atoms with Crippen LogP contribution >= 0.6 is 27.5 Å². The number of aromatic amines is 1. The Morgan fingerprint density at radius 3 is 2.57 bits per heavy atom. The van der Waals surface area contributed by atoms with E-state index in [2.05, 4.69) is 58.2 Å². The van der Waals surface area contributed by atoms with Crippen molar-refractivity contribution in [1.29, 1.82) is 0 Å². The Hall–Kier alpha value is -1.29. The van der Waals surface area contributed by atoms with Crippen LogP contribution in [0.15, 0.2) is 40.9 Å². The smallest absolute Gasteiger partial charge is 0.0497 e. The Bertz CT molecular complexity index is 821. The first kappa shape index (κ1) is 16.6. The molecule has 1 aromatic heterocycles. The minimum absolute atomic E-state index is 0.732. The molecule has 3 aromatic rings. The SMILES string of the molecule is Cc1cc(Cl)cc2c(CCCCN)c(-c3ccc(Br)cc3)[nH]c12. The van der Waals surface area contributed by atoms with Crippen molar-refractivity contribution >= 4 is 38.4 Å². The Morgan fingerprint density at radius 2 is 1.87 bits per heavy atom. The van der Waals surface area contributed by atoms with Gasteiger partial charge in [-0.3, -0.25) is 0 Å². The van der Waals surface area contributed by atoms with Crippen molar-refractivity contribution in [3.05, 3.63) is 57.0 Å². The molecule has 0 bridgehead atoms. The molecule has 0 saturated heterocycles. The summed E-state index contributed by atoms with van der Waals surface area (Å²) >= 11 is 9.80. The molecule has 3 rings (SSSR count). The first-order valence-electron chi connectivity index (χ1n) is 7.87. The van der Waals surface area contributed by atoms with Crippen LogP contribution in [0.2, 0.25) is 5.02 Å². The van der Waals surface area contributed by atoms with Gasteiger partial charge >= 0.3 is 0 Å². The number of H-pyrrole nitrogens is 1. The quantitative estimate of drug-likeness (QED) is 0.527. The molecular weight excluding hydrogens is 372 g/mol. The van der Waals surface area contributed by atoms with Gasteiger partial charge in [0, 0.05) is 26.1 Å². The minimum Gasteiger partial charge on any atom is -0.354 e. The van der Waals surface area contributed by atoms with Crippen LogP contribution in [0.5, 0.6) is 0 Å². The number of fused-ring (bicyclic) bond motifs is 1. The lowest BCUT2D eigenvalue weighted by molar-refractivity contribution is 0.748. The minimum atomic E-state index is 0.732. The third-order valence-electron chi connectivity index (χ3n) is 4.19. The molecule has 0 radical (unpaired) electrons. The highest BCUT2D eigenvalue weighted by molar-refractivity contribution is 9.10. The molecule has 0 unspecified atom stereocenters. The monoisotopic (exact) mass is 390 g/mol. The molecule has 0 aliphatic carbocycles. The second-order valence-electron chi connectivity index (χ2n) is 5.88. The Kier molecular flexibility index (Phi) is 5.10. The normalized spacial score (nSPS) is 11.3. The number of nitrogens with two attached hydrogens (primary N) is 1. The average molecular weight is 392 g/mol. The van der Waals surface area contributed by atoms with E-state index in [9.17, 15) is 0 Å². The van der Waals surface area contributed by atoms with Crippen LogP contribution in [0.3, 0.4) is 0 Å². The van der Waals surface area contributed by atoms with Crippen molar-refractivity contribution in [1.82, 2.24) is 4.98 Å². The van der Waals surface area contributed by atoms with E-state index in [0.29, 0.717) is 0 Å². The van der Waals surface area contributed by atoms with E-state index in [0.717, 1.165) is 35.3 Å². The van der Waals surface area contributed by atoms with Gasteiger partial charge < -0.3 is 10.7 Å². The first-order chi connectivity index (χ1) is 11.1. The van der Waals surface area contributed by atoms with Gasteiger partial charge in [-0.2, -0.15) is 0 Å². The van der Waals surface area contributed by atoms with Crippen molar-refractivity contribution in [2.75, 3.05) is 6.54 Å². The number of aryl methyl sites for hydroxylation is 2. The lowest BCUT2D eigenvalue weighted by Gasteiger charge is -2.06. The number of unbranched alkanes of at least 4 members (excludes halogenated alkanes) is 1. The highest BCUT2D eigenvalue weighted by Crippen LogP contribution is 2.35. The van der Waals surface area contributed by atoms with Gasteiger partial charge in [0.25, 0.3) is 0 Å². The number of halogens is 2. The van der Waals surface area contributed by atoms with Gasteiger partial charge in [-0.05, 0) is 73.7 Å². The fourth-order valence-corrected chi connectivity index (χ4v) is 3.59. The molecule has 2 aromatic carbocycles. The van der Waals surface area contributed by atoms with Crippen LogP contribution in [0, 0.1) is 6.92 Å². The number of benzene rings is 2. The molecule has 4 heteroatoms. The molecule has 120 valence electrons. The first-order valence-corrected chi connectivity index (χ1v) is 9.04. The zero-order valence-corrected chi connectivity index (χ0v) is 15.5. The van der Waals surface area contributed by atoms with E-state index < -0.39 is 0 Å². The molecule has 0 spiro atoms. The molecule has 0 amide bonds. The van der Waals surface area contributed by atoms with Crippen LogP contribution in [0.25, 0.3) is 22.2 Å². The summed E-state index contributed by atoms with van der Waals surface area (Å²) in [6, 6.07) is 12.5. The molecule has 0 aliphatic heterocycles. The molecule has 0 aliphatic rings. The van der Waals surface area contributed by atoms with Crippen molar-refractivity contribution in [2.24, 2.45) is 5.73 Å². The van der Waals surface area contributed by atoms with Gasteiger partial charge in [-0.25, -0.2) is 0 Å². The maximum absolute atomic E-state index is 6.29. The summed E-state index contributed by atoms with van der Waals surface area (Å²) in [7, 11) is 0. The molecular formula is C19H20BrClN2. The van der Waals surface area contributed by atoms with E-state index in [1.807, 2.05) is 6.07 Å². The molecule has 0 atom stereocenters. The van der Waals surface area contributed by atoms with Gasteiger partial charge in [0.05, 0.1) is 0 Å². The van der Waals surface area contributed by atoms with Crippen LogP contribution in [0.4, 0.5) is 0 Å². The lowest BCUT2D eigenvalue weighted by atomic mass is 9.99. The maximum Gasteiger partial charge on any atom is 0.0497 e. The molecule has 0 saturated carbocycles. The molecule has 0 fully saturated rings. The molecule has 2 nitrogen and oxygen atoms in total. The van der Waals surface area contributed by atoms with E-state index in [1.54, 1.807) is 0 Å². The lowest BCUT2D eigenvalue weighted by Crippen LogP contribution is -1.99. The van der Waals surface area contributed by atoms with Gasteiger partial charge in [-0.15, -0.1) is 0 Å². The van der Waals surface area contributed by atoms with Crippen molar-refractivity contribution in [3.63, 3.8) is 0 Å². The van der Waals surface area contributed by atoms with Gasteiger partial charge in [0.2, 0.25) is 0 Å². The summed E-state index contributed by atoms with van der Waals surface area (Å²) in [6.07, 6.45) is 3.12. The molecule has 23 heavy (non-hydrogen) atoms. The van der Waals surface area contributed by atoms with E-state index in [-0.39, 0.29) is 0 Å². The number of rotatable bonds is 5. The van der Waals surface area contributed by atoms with E-state index in [1.165, 1.54) is 33.3 Å². The fourth-order valence-electron chi connectivity index (χ4n) is 3.05. The van der Waals surface area contributed by atoms with Crippen LogP contribution in [0.1, 0.15) is 24.0 Å². The largest absolute Gasteiger partial charge is 0.354 e. The number of hydrogen-bond acceptors (Lipinski definition) is 1. The summed E-state index contributed by atoms with van der Waals surface area (Å²) in [4.78, 5) is 3.62. The number of aromatic nitrogens is 1. The molecule has 3 N–H and O–H groups in total. The number of hydrogen-bond donors (Lipinski definition) is 2. The van der Waals surface area contributed by atoms with Crippen molar-refractivity contribution < 1.29 is 0 Å². The predicted octanol–water partition coefficient (Wildman–Crippen LogP) is 5.84. The van der Waals surface area contributed by atoms with Crippen LogP contribution < -0.4 is 5.73 Å².